The predicted octanol–water partition coefficient (Wildman–Crippen LogP) is 4.10. The number of benzene rings is 1. The fourth-order valence-corrected chi connectivity index (χ4v) is 2.61. The molecule has 0 radical (unpaired) electrons. The van der Waals surface area contributed by atoms with Crippen LogP contribution in [0.4, 0.5) is 0 Å². The van der Waals surface area contributed by atoms with Gasteiger partial charge in [-0.2, -0.15) is 0 Å². The van der Waals surface area contributed by atoms with Crippen LogP contribution in [-0.2, 0) is 9.53 Å². The molecule has 0 aliphatic carbocycles. The molecule has 0 spiro atoms. The van der Waals surface area contributed by atoms with Crippen molar-refractivity contribution < 1.29 is 9.53 Å². The zero-order valence-electron chi connectivity index (χ0n) is 8.62. The summed E-state index contributed by atoms with van der Waals surface area (Å²) in [4.78, 5) is 10.9. The molecule has 0 saturated carbocycles. The molecule has 1 aromatic rings. The zero-order valence-corrected chi connectivity index (χ0v) is 12.5. The largest absolute Gasteiger partial charge is 0.465 e. The smallest absolute Gasteiger partial charge is 0.321 e. The van der Waals surface area contributed by atoms with Gasteiger partial charge in [-0.1, -0.05) is 61.7 Å². The molecule has 0 aliphatic heterocycles. The Bertz CT molecular complexity index is 371. The van der Waals surface area contributed by atoms with Crippen LogP contribution in [0, 0.1) is 0 Å². The number of alkyl halides is 2. The SMILES string of the molecule is CCOC(=O)[C@H](Br)[C@H](Br)c1ccccc1Cl. The molecular weight excluding hydrogens is 359 g/mol. The van der Waals surface area contributed by atoms with Crippen molar-refractivity contribution in [3.63, 3.8) is 0 Å². The van der Waals surface area contributed by atoms with Gasteiger partial charge in [0.15, 0.2) is 0 Å². The van der Waals surface area contributed by atoms with Gasteiger partial charge in [0.1, 0.15) is 4.83 Å². The van der Waals surface area contributed by atoms with Crippen molar-refractivity contribution >= 4 is 49.4 Å². The summed E-state index contributed by atoms with van der Waals surface area (Å²) >= 11 is 12.8. The molecular formula is C11H11Br2ClO2. The quantitative estimate of drug-likeness (QED) is 0.589. The Kier molecular flexibility index (Phi) is 5.79. The lowest BCUT2D eigenvalue weighted by atomic mass is 10.1. The third kappa shape index (κ3) is 3.47. The maximum Gasteiger partial charge on any atom is 0.321 e. The highest BCUT2D eigenvalue weighted by Crippen LogP contribution is 2.35. The molecule has 88 valence electrons. The summed E-state index contributed by atoms with van der Waals surface area (Å²) in [7, 11) is 0. The number of carbonyl (C=O) groups excluding carboxylic acids is 1. The predicted molar refractivity (Wildman–Crippen MR) is 72.5 cm³/mol. The molecule has 0 heterocycles. The van der Waals surface area contributed by atoms with E-state index in [2.05, 4.69) is 31.9 Å². The van der Waals surface area contributed by atoms with E-state index in [0.29, 0.717) is 11.6 Å². The zero-order chi connectivity index (χ0) is 12.1. The van der Waals surface area contributed by atoms with Gasteiger partial charge in [-0.3, -0.25) is 4.79 Å². The molecule has 0 fully saturated rings. The summed E-state index contributed by atoms with van der Waals surface area (Å²) in [5, 5.41) is 0.623. The maximum absolute atomic E-state index is 11.5. The molecule has 2 atom stereocenters. The second-order valence-corrected chi connectivity index (χ2v) is 5.46. The Morgan fingerprint density at radius 3 is 2.62 bits per heavy atom. The van der Waals surface area contributed by atoms with Crippen LogP contribution in [0.2, 0.25) is 5.02 Å². The van der Waals surface area contributed by atoms with Crippen molar-refractivity contribution in [2.45, 2.75) is 16.6 Å². The highest BCUT2D eigenvalue weighted by atomic mass is 79.9. The molecule has 0 N–H and O–H groups in total. The van der Waals surface area contributed by atoms with E-state index >= 15 is 0 Å². The van der Waals surface area contributed by atoms with E-state index in [4.69, 9.17) is 16.3 Å². The number of esters is 1. The van der Waals surface area contributed by atoms with Gasteiger partial charge in [0.05, 0.1) is 11.4 Å². The van der Waals surface area contributed by atoms with Crippen molar-refractivity contribution in [1.82, 2.24) is 0 Å². The molecule has 0 amide bonds. The van der Waals surface area contributed by atoms with Gasteiger partial charge in [-0.15, -0.1) is 0 Å². The standard InChI is InChI=1S/C11H11Br2ClO2/c1-2-16-11(15)10(13)9(12)7-5-3-4-6-8(7)14/h3-6,9-10H,2H2,1H3/t9-,10-/m1/s1. The van der Waals surface area contributed by atoms with Crippen LogP contribution in [0.3, 0.4) is 0 Å². The number of halogens is 3. The summed E-state index contributed by atoms with van der Waals surface area (Å²) < 4.78 is 4.93. The van der Waals surface area contributed by atoms with Gasteiger partial charge in [0, 0.05) is 5.02 Å². The molecule has 0 bridgehead atoms. The monoisotopic (exact) mass is 368 g/mol. The van der Waals surface area contributed by atoms with Crippen LogP contribution in [0.15, 0.2) is 24.3 Å². The van der Waals surface area contributed by atoms with Gasteiger partial charge >= 0.3 is 5.97 Å². The van der Waals surface area contributed by atoms with E-state index in [9.17, 15) is 4.79 Å². The number of ether oxygens (including phenoxy) is 1. The molecule has 0 unspecified atom stereocenters. The minimum absolute atomic E-state index is 0.208. The topological polar surface area (TPSA) is 26.3 Å². The molecule has 0 saturated heterocycles. The van der Waals surface area contributed by atoms with Gasteiger partial charge in [0.25, 0.3) is 0 Å². The van der Waals surface area contributed by atoms with Gasteiger partial charge in [-0.25, -0.2) is 0 Å². The Morgan fingerprint density at radius 2 is 2.06 bits per heavy atom. The molecule has 1 rings (SSSR count). The van der Waals surface area contributed by atoms with Crippen LogP contribution in [0.25, 0.3) is 0 Å². The first-order valence-corrected chi connectivity index (χ1v) is 6.98. The molecule has 5 heteroatoms. The average Bonchev–Trinajstić information content (AvgIpc) is 2.28. The number of carbonyl (C=O) groups is 1. The van der Waals surface area contributed by atoms with Crippen LogP contribution >= 0.6 is 43.5 Å². The fourth-order valence-electron chi connectivity index (χ4n) is 1.20. The minimum Gasteiger partial charge on any atom is -0.465 e. The van der Waals surface area contributed by atoms with Crippen LogP contribution < -0.4 is 0 Å². The number of rotatable bonds is 4. The first-order chi connectivity index (χ1) is 7.57. The Balaban J connectivity index is 2.82. The molecule has 1 aromatic carbocycles. The van der Waals surface area contributed by atoms with Crippen molar-refractivity contribution in [2.75, 3.05) is 6.61 Å². The van der Waals surface area contributed by atoms with Crippen molar-refractivity contribution in [3.8, 4) is 0 Å². The van der Waals surface area contributed by atoms with Gasteiger partial charge in [-0.05, 0) is 18.6 Å². The number of hydrogen-bond donors (Lipinski definition) is 0. The summed E-state index contributed by atoms with van der Waals surface area (Å²) in [6, 6.07) is 7.38. The van der Waals surface area contributed by atoms with E-state index in [1.54, 1.807) is 13.0 Å². The summed E-state index contributed by atoms with van der Waals surface area (Å²) in [6.07, 6.45) is 0. The first kappa shape index (κ1) is 14.0. The Hall–Kier alpha value is -0.0600. The van der Waals surface area contributed by atoms with E-state index < -0.39 is 4.83 Å². The van der Waals surface area contributed by atoms with E-state index in [-0.39, 0.29) is 10.8 Å². The normalized spacial score (nSPS) is 14.2. The second-order valence-electron chi connectivity index (χ2n) is 3.08. The molecule has 0 aromatic heterocycles. The van der Waals surface area contributed by atoms with E-state index in [0.717, 1.165) is 5.56 Å². The Morgan fingerprint density at radius 1 is 1.44 bits per heavy atom. The molecule has 0 aliphatic rings. The Labute approximate surface area is 117 Å². The molecule has 2 nitrogen and oxygen atoms in total. The fraction of sp³-hybridized carbons (Fsp3) is 0.364. The summed E-state index contributed by atoms with van der Waals surface area (Å²) in [5.41, 5.74) is 0.860. The highest BCUT2D eigenvalue weighted by molar-refractivity contribution is 9.12. The lowest BCUT2D eigenvalue weighted by Gasteiger charge is -2.16. The van der Waals surface area contributed by atoms with Crippen LogP contribution in [-0.4, -0.2) is 17.4 Å². The van der Waals surface area contributed by atoms with Gasteiger partial charge in [0.2, 0.25) is 0 Å². The summed E-state index contributed by atoms with van der Waals surface area (Å²) in [5.74, 6) is -0.302. The van der Waals surface area contributed by atoms with Gasteiger partial charge < -0.3 is 4.74 Å². The van der Waals surface area contributed by atoms with Crippen molar-refractivity contribution in [3.05, 3.63) is 34.9 Å². The first-order valence-electron chi connectivity index (χ1n) is 4.77. The van der Waals surface area contributed by atoms with Crippen LogP contribution in [0.1, 0.15) is 17.3 Å². The highest BCUT2D eigenvalue weighted by Gasteiger charge is 2.27. The third-order valence-corrected chi connectivity index (χ3v) is 4.95. The van der Waals surface area contributed by atoms with E-state index in [1.165, 1.54) is 0 Å². The lowest BCUT2D eigenvalue weighted by Crippen LogP contribution is -2.21. The third-order valence-electron chi connectivity index (χ3n) is 1.97. The minimum atomic E-state index is -0.452. The maximum atomic E-state index is 11.5. The van der Waals surface area contributed by atoms with Crippen molar-refractivity contribution in [1.29, 1.82) is 0 Å². The lowest BCUT2D eigenvalue weighted by molar-refractivity contribution is -0.142. The second kappa shape index (κ2) is 6.62. The summed E-state index contributed by atoms with van der Waals surface area (Å²) in [6.45, 7) is 2.14. The van der Waals surface area contributed by atoms with Crippen molar-refractivity contribution in [2.24, 2.45) is 0 Å². The molecule has 16 heavy (non-hydrogen) atoms. The van der Waals surface area contributed by atoms with Crippen LogP contribution in [0.5, 0.6) is 0 Å². The number of hydrogen-bond acceptors (Lipinski definition) is 2. The average molecular weight is 370 g/mol. The van der Waals surface area contributed by atoms with E-state index in [1.807, 2.05) is 18.2 Å².